The van der Waals surface area contributed by atoms with Gasteiger partial charge in [-0.25, -0.2) is 4.79 Å². The van der Waals surface area contributed by atoms with Crippen LogP contribution in [0.4, 0.5) is 0 Å². The van der Waals surface area contributed by atoms with Gasteiger partial charge in [-0.2, -0.15) is 0 Å². The maximum Gasteiger partial charge on any atom is 0.340 e. The van der Waals surface area contributed by atoms with E-state index in [0.717, 1.165) is 35.5 Å². The van der Waals surface area contributed by atoms with Crippen LogP contribution in [0, 0.1) is 13.8 Å². The minimum atomic E-state index is -0.861. The summed E-state index contributed by atoms with van der Waals surface area (Å²) in [5.41, 5.74) is 3.44. The Labute approximate surface area is 159 Å². The molecular weight excluding hydrogens is 344 g/mol. The van der Waals surface area contributed by atoms with Gasteiger partial charge in [0.15, 0.2) is 6.10 Å². The molecule has 0 spiro atoms. The number of aryl methyl sites for hydroxylation is 1. The Morgan fingerprint density at radius 2 is 1.89 bits per heavy atom. The number of nitrogens with zero attached hydrogens (tertiary/aromatic N) is 1. The summed E-state index contributed by atoms with van der Waals surface area (Å²) >= 11 is 0. The van der Waals surface area contributed by atoms with Gasteiger partial charge in [-0.1, -0.05) is 12.1 Å². The third-order valence-corrected chi connectivity index (χ3v) is 4.90. The van der Waals surface area contributed by atoms with Crippen LogP contribution >= 0.6 is 0 Å². The van der Waals surface area contributed by atoms with E-state index in [1.807, 2.05) is 44.2 Å². The number of aromatic nitrogens is 1. The smallest absolute Gasteiger partial charge is 0.340 e. The minimum absolute atomic E-state index is 0.324. The lowest BCUT2D eigenvalue weighted by Gasteiger charge is -2.14. The molecule has 1 heterocycles. The second-order valence-corrected chi connectivity index (χ2v) is 7.00. The number of methoxy groups -OCH3 is 1. The van der Waals surface area contributed by atoms with Crippen LogP contribution in [-0.2, 0) is 16.1 Å². The predicted molar refractivity (Wildman–Crippen MR) is 102 cm³/mol. The van der Waals surface area contributed by atoms with Crippen LogP contribution in [0.5, 0.6) is 5.75 Å². The highest BCUT2D eigenvalue weighted by Crippen LogP contribution is 2.38. The first-order chi connectivity index (χ1) is 12.9. The standard InChI is InChI=1S/C21H26N2O4/c1-13-11-19(14(2)23(13)17-7-8-17)21(25)27-15(3)20(24)22-12-16-5-9-18(26-4)10-6-16/h5-6,9-11,15,17H,7-8,12H2,1-4H3,(H,22,24)/t15-/m1/s1. The van der Waals surface area contributed by atoms with E-state index in [4.69, 9.17) is 9.47 Å². The molecule has 1 aliphatic carbocycles. The Hall–Kier alpha value is -2.76. The average Bonchev–Trinajstić information content (AvgIpc) is 3.44. The molecule has 0 bridgehead atoms. The Morgan fingerprint density at radius 1 is 1.22 bits per heavy atom. The lowest BCUT2D eigenvalue weighted by Crippen LogP contribution is -2.35. The van der Waals surface area contributed by atoms with Crippen molar-refractivity contribution in [2.24, 2.45) is 0 Å². The Morgan fingerprint density at radius 3 is 2.48 bits per heavy atom. The summed E-state index contributed by atoms with van der Waals surface area (Å²) in [4.78, 5) is 24.8. The van der Waals surface area contributed by atoms with E-state index in [2.05, 4.69) is 9.88 Å². The van der Waals surface area contributed by atoms with E-state index in [9.17, 15) is 9.59 Å². The van der Waals surface area contributed by atoms with Gasteiger partial charge in [0.05, 0.1) is 12.7 Å². The van der Waals surface area contributed by atoms with Crippen LogP contribution in [0.2, 0.25) is 0 Å². The molecule has 0 aliphatic heterocycles. The second kappa shape index (κ2) is 7.86. The van der Waals surface area contributed by atoms with Crippen molar-refractivity contribution in [1.82, 2.24) is 9.88 Å². The minimum Gasteiger partial charge on any atom is -0.497 e. The zero-order valence-corrected chi connectivity index (χ0v) is 16.2. The van der Waals surface area contributed by atoms with Gasteiger partial charge in [-0.3, -0.25) is 4.79 Å². The molecule has 1 saturated carbocycles. The first-order valence-corrected chi connectivity index (χ1v) is 9.20. The van der Waals surface area contributed by atoms with E-state index in [0.29, 0.717) is 18.2 Å². The zero-order valence-electron chi connectivity index (χ0n) is 16.2. The Balaban J connectivity index is 1.56. The Kier molecular flexibility index (Phi) is 5.54. The molecule has 1 aromatic carbocycles. The topological polar surface area (TPSA) is 69.6 Å². The fraction of sp³-hybridized carbons (Fsp3) is 0.429. The summed E-state index contributed by atoms with van der Waals surface area (Å²) in [6, 6.07) is 9.77. The van der Waals surface area contributed by atoms with Crippen LogP contribution in [0.3, 0.4) is 0 Å². The van der Waals surface area contributed by atoms with Gasteiger partial charge in [0.2, 0.25) is 0 Å². The highest BCUT2D eigenvalue weighted by Gasteiger charge is 2.29. The predicted octanol–water partition coefficient (Wildman–Crippen LogP) is 3.31. The van der Waals surface area contributed by atoms with Gasteiger partial charge in [0, 0.05) is 24.0 Å². The molecule has 1 aromatic heterocycles. The van der Waals surface area contributed by atoms with E-state index < -0.39 is 12.1 Å². The summed E-state index contributed by atoms with van der Waals surface area (Å²) in [6.45, 7) is 5.87. The Bertz CT molecular complexity index is 835. The molecule has 0 radical (unpaired) electrons. The van der Waals surface area contributed by atoms with Crippen molar-refractivity contribution < 1.29 is 19.1 Å². The number of benzene rings is 1. The number of ether oxygens (including phenoxy) is 2. The van der Waals surface area contributed by atoms with Crippen molar-refractivity contribution in [2.75, 3.05) is 7.11 Å². The van der Waals surface area contributed by atoms with Crippen LogP contribution in [0.15, 0.2) is 30.3 Å². The van der Waals surface area contributed by atoms with Crippen molar-refractivity contribution in [2.45, 2.75) is 52.3 Å². The highest BCUT2D eigenvalue weighted by molar-refractivity contribution is 5.93. The fourth-order valence-corrected chi connectivity index (χ4v) is 3.23. The van der Waals surface area contributed by atoms with E-state index >= 15 is 0 Å². The number of amides is 1. The maximum atomic E-state index is 12.5. The van der Waals surface area contributed by atoms with Crippen molar-refractivity contribution >= 4 is 11.9 Å². The van der Waals surface area contributed by atoms with Gasteiger partial charge in [-0.05, 0) is 57.4 Å². The summed E-state index contributed by atoms with van der Waals surface area (Å²) in [7, 11) is 1.61. The number of hydrogen-bond donors (Lipinski definition) is 1. The SMILES string of the molecule is COc1ccc(CNC(=O)[C@@H](C)OC(=O)c2cc(C)n(C3CC3)c2C)cc1. The van der Waals surface area contributed by atoms with Crippen LogP contribution in [0.1, 0.15) is 53.1 Å². The normalized spacial score (nSPS) is 14.5. The zero-order chi connectivity index (χ0) is 19.6. The molecule has 0 unspecified atom stereocenters. The quantitative estimate of drug-likeness (QED) is 0.759. The molecule has 144 valence electrons. The van der Waals surface area contributed by atoms with Crippen molar-refractivity contribution in [1.29, 1.82) is 0 Å². The third-order valence-electron chi connectivity index (χ3n) is 4.90. The fourth-order valence-electron chi connectivity index (χ4n) is 3.23. The summed E-state index contributed by atoms with van der Waals surface area (Å²) in [5.74, 6) is -0.0200. The second-order valence-electron chi connectivity index (χ2n) is 7.00. The molecular formula is C21H26N2O4. The number of rotatable bonds is 7. The number of carbonyl (C=O) groups excluding carboxylic acids is 2. The largest absolute Gasteiger partial charge is 0.497 e. The van der Waals surface area contributed by atoms with E-state index in [1.54, 1.807) is 14.0 Å². The molecule has 3 rings (SSSR count). The van der Waals surface area contributed by atoms with Gasteiger partial charge < -0.3 is 19.4 Å². The van der Waals surface area contributed by atoms with Gasteiger partial charge in [-0.15, -0.1) is 0 Å². The number of nitrogens with one attached hydrogen (secondary N) is 1. The van der Waals surface area contributed by atoms with Gasteiger partial charge >= 0.3 is 5.97 Å². The van der Waals surface area contributed by atoms with Gasteiger partial charge in [0.1, 0.15) is 5.75 Å². The summed E-state index contributed by atoms with van der Waals surface area (Å²) in [6.07, 6.45) is 1.43. The molecule has 1 aliphatic rings. The molecule has 2 aromatic rings. The molecule has 1 amide bonds. The highest BCUT2D eigenvalue weighted by atomic mass is 16.5. The molecule has 1 fully saturated rings. The van der Waals surface area contributed by atoms with Crippen LogP contribution < -0.4 is 10.1 Å². The maximum absolute atomic E-state index is 12.5. The van der Waals surface area contributed by atoms with Crippen LogP contribution in [0.25, 0.3) is 0 Å². The average molecular weight is 370 g/mol. The lowest BCUT2D eigenvalue weighted by atomic mass is 10.2. The van der Waals surface area contributed by atoms with Crippen molar-refractivity contribution in [3.05, 3.63) is 52.8 Å². The van der Waals surface area contributed by atoms with Crippen molar-refractivity contribution in [3.8, 4) is 5.75 Å². The van der Waals surface area contributed by atoms with Crippen molar-refractivity contribution in [3.63, 3.8) is 0 Å². The van der Waals surface area contributed by atoms with Crippen LogP contribution in [-0.4, -0.2) is 29.7 Å². The molecule has 1 N–H and O–H groups in total. The van der Waals surface area contributed by atoms with E-state index in [-0.39, 0.29) is 5.91 Å². The van der Waals surface area contributed by atoms with E-state index in [1.165, 1.54) is 0 Å². The molecule has 6 heteroatoms. The summed E-state index contributed by atoms with van der Waals surface area (Å²) in [5, 5.41) is 2.79. The molecule has 6 nitrogen and oxygen atoms in total. The lowest BCUT2D eigenvalue weighted by molar-refractivity contribution is -0.129. The number of esters is 1. The number of hydrogen-bond acceptors (Lipinski definition) is 4. The third kappa shape index (κ3) is 4.32. The molecule has 27 heavy (non-hydrogen) atoms. The first kappa shape index (κ1) is 19.0. The first-order valence-electron chi connectivity index (χ1n) is 9.20. The molecule has 0 saturated heterocycles. The monoisotopic (exact) mass is 370 g/mol. The number of carbonyl (C=O) groups is 2. The molecule has 1 atom stereocenters. The van der Waals surface area contributed by atoms with Gasteiger partial charge in [0.25, 0.3) is 5.91 Å². The summed E-state index contributed by atoms with van der Waals surface area (Å²) < 4.78 is 12.7.